The van der Waals surface area contributed by atoms with Gasteiger partial charge in [0.1, 0.15) is 5.69 Å². The number of H-pyrrole nitrogens is 1. The summed E-state index contributed by atoms with van der Waals surface area (Å²) in [7, 11) is 0. The van der Waals surface area contributed by atoms with E-state index in [1.165, 1.54) is 6.07 Å². The molecular weight excluding hydrogens is 342 g/mol. The first kappa shape index (κ1) is 17.2. The Labute approximate surface area is 149 Å². The predicted molar refractivity (Wildman–Crippen MR) is 95.8 cm³/mol. The van der Waals surface area contributed by atoms with E-state index in [9.17, 15) is 9.90 Å². The highest BCUT2D eigenvalue weighted by Gasteiger charge is 2.13. The molecule has 0 aliphatic heterocycles. The molecule has 8 heteroatoms. The van der Waals surface area contributed by atoms with Gasteiger partial charge in [0.25, 0.3) is 5.56 Å². The zero-order valence-electron chi connectivity index (χ0n) is 13.5. The monoisotopic (exact) mass is 359 g/mol. The van der Waals surface area contributed by atoms with Crippen LogP contribution in [0, 0.1) is 0 Å². The third-order valence-corrected chi connectivity index (χ3v) is 3.90. The summed E-state index contributed by atoms with van der Waals surface area (Å²) in [5, 5.41) is 19.9. The zero-order valence-corrected chi connectivity index (χ0v) is 14.2. The molecule has 1 aromatic carbocycles. The number of aromatic amines is 1. The quantitative estimate of drug-likeness (QED) is 0.670. The Morgan fingerprint density at radius 2 is 2.04 bits per heavy atom. The molecular formula is C17H18ClN5O2. The van der Waals surface area contributed by atoms with Gasteiger partial charge in [0.05, 0.1) is 19.3 Å². The average molecular weight is 360 g/mol. The molecule has 2 N–H and O–H groups in total. The number of benzene rings is 1. The molecule has 0 atom stereocenters. The van der Waals surface area contributed by atoms with E-state index >= 15 is 0 Å². The van der Waals surface area contributed by atoms with Crippen molar-refractivity contribution in [3.8, 4) is 0 Å². The van der Waals surface area contributed by atoms with Crippen LogP contribution >= 0.6 is 11.6 Å². The van der Waals surface area contributed by atoms with Crippen molar-refractivity contribution in [2.45, 2.75) is 13.1 Å². The first-order chi connectivity index (χ1) is 12.2. The predicted octanol–water partition coefficient (Wildman–Crippen LogP) is 1.67. The molecule has 3 rings (SSSR count). The Balaban J connectivity index is 1.77. The van der Waals surface area contributed by atoms with Gasteiger partial charge in [0.2, 0.25) is 0 Å². The number of aliphatic hydroxyl groups excluding tert-OH is 1. The van der Waals surface area contributed by atoms with Crippen molar-refractivity contribution in [3.05, 3.63) is 75.4 Å². The molecule has 0 saturated carbocycles. The SMILES string of the molecule is O=c1[nH]nc(Cl)cc1N(CCO)Cc1cnn(Cc2ccccc2)c1. The number of anilines is 1. The lowest BCUT2D eigenvalue weighted by Gasteiger charge is -2.22. The lowest BCUT2D eigenvalue weighted by Crippen LogP contribution is -2.31. The van der Waals surface area contributed by atoms with Crippen molar-refractivity contribution in [2.75, 3.05) is 18.1 Å². The minimum atomic E-state index is -0.352. The largest absolute Gasteiger partial charge is 0.395 e. The van der Waals surface area contributed by atoms with Crippen LogP contribution in [0.5, 0.6) is 0 Å². The Kier molecular flexibility index (Phi) is 5.47. The summed E-state index contributed by atoms with van der Waals surface area (Å²) in [6, 6.07) is 11.5. The highest BCUT2D eigenvalue weighted by molar-refractivity contribution is 6.29. The third-order valence-electron chi connectivity index (χ3n) is 3.71. The molecule has 0 fully saturated rings. The molecule has 2 aromatic heterocycles. The molecule has 0 aliphatic carbocycles. The van der Waals surface area contributed by atoms with E-state index in [1.807, 2.05) is 41.2 Å². The van der Waals surface area contributed by atoms with Gasteiger partial charge in [-0.25, -0.2) is 5.10 Å². The number of nitrogens with one attached hydrogen (secondary N) is 1. The Morgan fingerprint density at radius 1 is 1.24 bits per heavy atom. The fraction of sp³-hybridized carbons (Fsp3) is 0.235. The van der Waals surface area contributed by atoms with Crippen molar-refractivity contribution in [2.24, 2.45) is 0 Å². The number of hydrogen-bond donors (Lipinski definition) is 2. The van der Waals surface area contributed by atoms with Crippen molar-refractivity contribution in [1.82, 2.24) is 20.0 Å². The van der Waals surface area contributed by atoms with E-state index < -0.39 is 0 Å². The number of nitrogens with zero attached hydrogens (tertiary/aromatic N) is 4. The summed E-state index contributed by atoms with van der Waals surface area (Å²) in [6.07, 6.45) is 3.68. The average Bonchev–Trinajstić information content (AvgIpc) is 3.04. The second-order valence-corrected chi connectivity index (χ2v) is 5.97. The maximum absolute atomic E-state index is 12.0. The van der Waals surface area contributed by atoms with Crippen molar-refractivity contribution in [1.29, 1.82) is 0 Å². The summed E-state index contributed by atoms with van der Waals surface area (Å²) in [5.41, 5.74) is 2.10. The standard InChI is InChI=1S/C17H18ClN5O2/c18-16-8-15(17(25)21-20-16)22(6-7-24)10-14-9-19-23(12-14)11-13-4-2-1-3-5-13/h1-5,8-9,12,24H,6-7,10-11H2,(H,21,25). The van der Waals surface area contributed by atoms with Crippen molar-refractivity contribution in [3.63, 3.8) is 0 Å². The zero-order chi connectivity index (χ0) is 17.6. The first-order valence-electron chi connectivity index (χ1n) is 7.82. The fourth-order valence-corrected chi connectivity index (χ4v) is 2.72. The minimum Gasteiger partial charge on any atom is -0.395 e. The summed E-state index contributed by atoms with van der Waals surface area (Å²) in [4.78, 5) is 13.7. The minimum absolute atomic E-state index is 0.0858. The van der Waals surface area contributed by atoms with Crippen molar-refractivity contribution >= 4 is 17.3 Å². The van der Waals surface area contributed by atoms with E-state index in [0.717, 1.165) is 11.1 Å². The Hall–Kier alpha value is -2.64. The smallest absolute Gasteiger partial charge is 0.287 e. The van der Waals surface area contributed by atoms with Crippen LogP contribution in [0.4, 0.5) is 5.69 Å². The van der Waals surface area contributed by atoms with Crippen LogP contribution in [0.1, 0.15) is 11.1 Å². The van der Waals surface area contributed by atoms with Crippen molar-refractivity contribution < 1.29 is 5.11 Å². The fourth-order valence-electron chi connectivity index (χ4n) is 2.58. The van der Waals surface area contributed by atoms with E-state index in [-0.39, 0.29) is 17.3 Å². The van der Waals surface area contributed by atoms with Gasteiger partial charge in [-0.1, -0.05) is 41.9 Å². The van der Waals surface area contributed by atoms with Gasteiger partial charge in [-0.15, -0.1) is 0 Å². The molecule has 0 radical (unpaired) electrons. The van der Waals surface area contributed by atoms with Crippen LogP contribution in [0.15, 0.2) is 53.6 Å². The van der Waals surface area contributed by atoms with Crippen LogP contribution in [0.25, 0.3) is 0 Å². The molecule has 0 saturated heterocycles. The Bertz CT molecular complexity index is 878. The summed E-state index contributed by atoms with van der Waals surface area (Å²) < 4.78 is 1.84. The molecule has 130 valence electrons. The maximum Gasteiger partial charge on any atom is 0.287 e. The molecule has 2 heterocycles. The highest BCUT2D eigenvalue weighted by Crippen LogP contribution is 2.15. The van der Waals surface area contributed by atoms with Crippen LogP contribution in [-0.4, -0.2) is 38.2 Å². The third kappa shape index (κ3) is 4.46. The van der Waals surface area contributed by atoms with Gasteiger partial charge in [0, 0.05) is 30.9 Å². The van der Waals surface area contributed by atoms with Gasteiger partial charge in [-0.05, 0) is 5.56 Å². The first-order valence-corrected chi connectivity index (χ1v) is 8.20. The molecule has 0 spiro atoms. The number of rotatable bonds is 7. The van der Waals surface area contributed by atoms with E-state index in [1.54, 1.807) is 11.1 Å². The van der Waals surface area contributed by atoms with Gasteiger partial charge in [-0.3, -0.25) is 9.48 Å². The van der Waals surface area contributed by atoms with Crippen LogP contribution < -0.4 is 10.5 Å². The second kappa shape index (κ2) is 7.96. The maximum atomic E-state index is 12.0. The number of hydrogen-bond acceptors (Lipinski definition) is 5. The highest BCUT2D eigenvalue weighted by atomic mass is 35.5. The normalized spacial score (nSPS) is 10.8. The molecule has 0 unspecified atom stereocenters. The molecule has 0 aliphatic rings. The van der Waals surface area contributed by atoms with E-state index in [4.69, 9.17) is 11.6 Å². The summed E-state index contributed by atoms with van der Waals surface area (Å²) in [6.45, 7) is 1.31. The summed E-state index contributed by atoms with van der Waals surface area (Å²) >= 11 is 5.87. The lowest BCUT2D eigenvalue weighted by molar-refractivity contribution is 0.301. The number of halogens is 1. The van der Waals surface area contributed by atoms with E-state index in [0.29, 0.717) is 25.3 Å². The van der Waals surface area contributed by atoms with Crippen LogP contribution in [0.3, 0.4) is 0 Å². The van der Waals surface area contributed by atoms with Gasteiger partial charge >= 0.3 is 0 Å². The molecule has 0 bridgehead atoms. The van der Waals surface area contributed by atoms with Crippen LogP contribution in [0.2, 0.25) is 5.15 Å². The molecule has 3 aromatic rings. The summed E-state index contributed by atoms with van der Waals surface area (Å²) in [5.74, 6) is 0. The lowest BCUT2D eigenvalue weighted by atomic mass is 10.2. The van der Waals surface area contributed by atoms with Gasteiger partial charge in [0.15, 0.2) is 5.15 Å². The van der Waals surface area contributed by atoms with Crippen LogP contribution in [-0.2, 0) is 13.1 Å². The molecule has 25 heavy (non-hydrogen) atoms. The topological polar surface area (TPSA) is 87.0 Å². The van der Waals surface area contributed by atoms with Gasteiger partial charge in [-0.2, -0.15) is 10.2 Å². The second-order valence-electron chi connectivity index (χ2n) is 5.58. The van der Waals surface area contributed by atoms with Gasteiger partial charge < -0.3 is 10.0 Å². The molecule has 0 amide bonds. The number of aliphatic hydroxyl groups is 1. The number of aromatic nitrogens is 4. The van der Waals surface area contributed by atoms with E-state index in [2.05, 4.69) is 15.3 Å². The Morgan fingerprint density at radius 3 is 2.80 bits per heavy atom. The molecule has 7 nitrogen and oxygen atoms in total.